The number of aromatic nitrogens is 1. The molecule has 0 aliphatic rings. The van der Waals surface area contributed by atoms with E-state index in [1.54, 1.807) is 30.3 Å². The number of nitrogens with zero attached hydrogens (tertiary/aromatic N) is 2. The number of hydrogen-bond acceptors (Lipinski definition) is 4. The van der Waals surface area contributed by atoms with Gasteiger partial charge in [-0.15, -0.1) is 0 Å². The molecule has 0 N–H and O–H groups in total. The van der Waals surface area contributed by atoms with Crippen molar-refractivity contribution in [2.24, 2.45) is 0 Å². The van der Waals surface area contributed by atoms with E-state index in [1.807, 2.05) is 37.5 Å². The van der Waals surface area contributed by atoms with Crippen molar-refractivity contribution in [1.82, 2.24) is 4.57 Å². The topological polar surface area (TPSA) is 72.1 Å². The van der Waals surface area contributed by atoms with Crippen LogP contribution in [-0.4, -0.2) is 22.9 Å². The first-order valence-corrected chi connectivity index (χ1v) is 8.01. The Kier molecular flexibility index (Phi) is 5.91. The lowest BCUT2D eigenvalue weighted by Gasteiger charge is -2.05. The molecule has 0 aliphatic carbocycles. The van der Waals surface area contributed by atoms with Gasteiger partial charge >= 0.3 is 5.97 Å². The molecule has 0 aliphatic heterocycles. The van der Waals surface area contributed by atoms with E-state index in [0.717, 1.165) is 23.5 Å². The van der Waals surface area contributed by atoms with Crippen molar-refractivity contribution >= 4 is 17.8 Å². The molecular weight excluding hydrogens is 316 g/mol. The Morgan fingerprint density at radius 1 is 1.24 bits per heavy atom. The van der Waals surface area contributed by atoms with Gasteiger partial charge in [-0.2, -0.15) is 5.26 Å². The Morgan fingerprint density at radius 3 is 2.48 bits per heavy atom. The van der Waals surface area contributed by atoms with Crippen molar-refractivity contribution in [3.8, 4) is 6.07 Å². The number of hydrogen-bond donors (Lipinski definition) is 0. The van der Waals surface area contributed by atoms with E-state index >= 15 is 0 Å². The standard InChI is InChI=1S/C20H20N2O3/c1-4-22-14(2)11-18(15(22)3)19(23)13-25-20(24)10-9-16-5-7-17(12-21)8-6-16/h5-11H,4,13H2,1-3H3/b10-9+. The minimum Gasteiger partial charge on any atom is -0.454 e. The lowest BCUT2D eigenvalue weighted by Crippen LogP contribution is -2.13. The van der Waals surface area contributed by atoms with E-state index in [1.165, 1.54) is 6.08 Å². The van der Waals surface area contributed by atoms with Gasteiger partial charge < -0.3 is 9.30 Å². The van der Waals surface area contributed by atoms with Crippen LogP contribution in [0.5, 0.6) is 0 Å². The minimum absolute atomic E-state index is 0.215. The molecule has 5 nitrogen and oxygen atoms in total. The maximum Gasteiger partial charge on any atom is 0.331 e. The smallest absolute Gasteiger partial charge is 0.331 e. The van der Waals surface area contributed by atoms with Crippen LogP contribution in [0.15, 0.2) is 36.4 Å². The molecule has 1 aromatic carbocycles. The number of esters is 1. The Labute approximate surface area is 147 Å². The van der Waals surface area contributed by atoms with Crippen LogP contribution in [0.1, 0.15) is 39.8 Å². The highest BCUT2D eigenvalue weighted by atomic mass is 16.5. The van der Waals surface area contributed by atoms with E-state index in [0.29, 0.717) is 11.1 Å². The maximum absolute atomic E-state index is 12.3. The van der Waals surface area contributed by atoms with Crippen LogP contribution in [-0.2, 0) is 16.1 Å². The molecule has 1 aromatic heterocycles. The fraction of sp³-hybridized carbons (Fsp3) is 0.250. The maximum atomic E-state index is 12.3. The van der Waals surface area contributed by atoms with Crippen LogP contribution in [0.2, 0.25) is 0 Å². The van der Waals surface area contributed by atoms with Crippen LogP contribution in [0.25, 0.3) is 6.08 Å². The molecule has 0 saturated carbocycles. The van der Waals surface area contributed by atoms with Crippen LogP contribution in [0.3, 0.4) is 0 Å². The molecule has 0 bridgehead atoms. The van der Waals surface area contributed by atoms with Crippen molar-refractivity contribution in [3.05, 3.63) is 64.5 Å². The average molecular weight is 336 g/mol. The van der Waals surface area contributed by atoms with Gasteiger partial charge in [0.2, 0.25) is 5.78 Å². The third-order valence-electron chi connectivity index (χ3n) is 3.99. The molecule has 25 heavy (non-hydrogen) atoms. The molecule has 2 rings (SSSR count). The summed E-state index contributed by atoms with van der Waals surface area (Å²) in [6, 6.07) is 10.6. The second-order valence-electron chi connectivity index (χ2n) is 5.63. The third kappa shape index (κ3) is 4.45. The first kappa shape index (κ1) is 18.2. The van der Waals surface area contributed by atoms with Gasteiger partial charge in [0.05, 0.1) is 11.6 Å². The van der Waals surface area contributed by atoms with Crippen molar-refractivity contribution < 1.29 is 14.3 Å². The number of carbonyl (C=O) groups excluding carboxylic acids is 2. The van der Waals surface area contributed by atoms with Gasteiger partial charge in [0.25, 0.3) is 0 Å². The van der Waals surface area contributed by atoms with Crippen molar-refractivity contribution in [2.75, 3.05) is 6.61 Å². The molecule has 0 radical (unpaired) electrons. The van der Waals surface area contributed by atoms with E-state index < -0.39 is 5.97 Å². The summed E-state index contributed by atoms with van der Waals surface area (Å²) < 4.78 is 7.07. The Hall–Kier alpha value is -3.13. The molecule has 1 heterocycles. The minimum atomic E-state index is -0.581. The Balaban J connectivity index is 1.94. The highest BCUT2D eigenvalue weighted by molar-refractivity contribution is 6.00. The largest absolute Gasteiger partial charge is 0.454 e. The molecule has 2 aromatic rings. The van der Waals surface area contributed by atoms with Gasteiger partial charge in [-0.3, -0.25) is 4.79 Å². The Morgan fingerprint density at radius 2 is 1.92 bits per heavy atom. The first-order chi connectivity index (χ1) is 12.0. The summed E-state index contributed by atoms with van der Waals surface area (Å²) in [5, 5.41) is 8.74. The zero-order valence-electron chi connectivity index (χ0n) is 14.6. The van der Waals surface area contributed by atoms with Gasteiger partial charge in [0.1, 0.15) is 0 Å². The molecule has 0 atom stereocenters. The fourth-order valence-electron chi connectivity index (χ4n) is 2.67. The van der Waals surface area contributed by atoms with Gasteiger partial charge in [-0.25, -0.2) is 4.79 Å². The third-order valence-corrected chi connectivity index (χ3v) is 3.99. The summed E-state index contributed by atoms with van der Waals surface area (Å²) in [5.74, 6) is -0.796. The number of ether oxygens (including phenoxy) is 1. The molecule has 0 unspecified atom stereocenters. The number of rotatable bonds is 6. The lowest BCUT2D eigenvalue weighted by atomic mass is 10.1. The number of Topliss-reactive ketones (excluding diaryl/α,β-unsaturated/α-hetero) is 1. The van der Waals surface area contributed by atoms with Gasteiger partial charge in [0, 0.05) is 29.6 Å². The van der Waals surface area contributed by atoms with E-state index in [4.69, 9.17) is 10.00 Å². The monoisotopic (exact) mass is 336 g/mol. The van der Waals surface area contributed by atoms with Crippen molar-refractivity contribution in [2.45, 2.75) is 27.3 Å². The molecule has 0 spiro atoms. The molecule has 128 valence electrons. The van der Waals surface area contributed by atoms with Crippen LogP contribution in [0, 0.1) is 25.2 Å². The summed E-state index contributed by atoms with van der Waals surface area (Å²) in [7, 11) is 0. The Bertz CT molecular complexity index is 852. The lowest BCUT2D eigenvalue weighted by molar-refractivity contribution is -0.136. The summed E-state index contributed by atoms with van der Waals surface area (Å²) in [5.41, 5.74) is 3.80. The van der Waals surface area contributed by atoms with Crippen LogP contribution < -0.4 is 0 Å². The number of carbonyl (C=O) groups is 2. The zero-order valence-corrected chi connectivity index (χ0v) is 14.6. The second kappa shape index (κ2) is 8.11. The van der Waals surface area contributed by atoms with Crippen LogP contribution >= 0.6 is 0 Å². The average Bonchev–Trinajstić information content (AvgIpc) is 2.92. The second-order valence-corrected chi connectivity index (χ2v) is 5.63. The number of nitriles is 1. The zero-order chi connectivity index (χ0) is 18.4. The number of aryl methyl sites for hydroxylation is 1. The van der Waals surface area contributed by atoms with Crippen molar-refractivity contribution in [1.29, 1.82) is 5.26 Å². The summed E-state index contributed by atoms with van der Waals surface area (Å²) in [6.45, 7) is 6.35. The molecular formula is C20H20N2O3. The normalized spacial score (nSPS) is 10.6. The van der Waals surface area contributed by atoms with Gasteiger partial charge in [-0.1, -0.05) is 12.1 Å². The summed E-state index contributed by atoms with van der Waals surface area (Å²) in [6.07, 6.45) is 2.85. The molecule has 0 saturated heterocycles. The predicted octanol–water partition coefficient (Wildman–Crippen LogP) is 3.44. The van der Waals surface area contributed by atoms with Gasteiger partial charge in [0.15, 0.2) is 6.61 Å². The quantitative estimate of drug-likeness (QED) is 0.460. The highest BCUT2D eigenvalue weighted by Crippen LogP contribution is 2.15. The van der Waals surface area contributed by atoms with Gasteiger partial charge in [-0.05, 0) is 50.6 Å². The van der Waals surface area contributed by atoms with E-state index in [-0.39, 0.29) is 12.4 Å². The number of benzene rings is 1. The first-order valence-electron chi connectivity index (χ1n) is 8.01. The predicted molar refractivity (Wildman–Crippen MR) is 95.1 cm³/mol. The summed E-state index contributed by atoms with van der Waals surface area (Å²) >= 11 is 0. The molecule has 0 amide bonds. The van der Waals surface area contributed by atoms with E-state index in [2.05, 4.69) is 0 Å². The van der Waals surface area contributed by atoms with Crippen LogP contribution in [0.4, 0.5) is 0 Å². The van der Waals surface area contributed by atoms with E-state index in [9.17, 15) is 9.59 Å². The highest BCUT2D eigenvalue weighted by Gasteiger charge is 2.16. The summed E-state index contributed by atoms with van der Waals surface area (Å²) in [4.78, 5) is 24.0. The fourth-order valence-corrected chi connectivity index (χ4v) is 2.67. The van der Waals surface area contributed by atoms with Crippen molar-refractivity contribution in [3.63, 3.8) is 0 Å². The molecule has 0 fully saturated rings. The SMILES string of the molecule is CCn1c(C)cc(C(=O)COC(=O)/C=C/c2ccc(C#N)cc2)c1C. The number of ketones is 1. The molecule has 5 heteroatoms.